The van der Waals surface area contributed by atoms with Gasteiger partial charge < -0.3 is 14.9 Å². The number of unbranched alkanes of at least 4 members (excludes halogenated alkanes) is 1. The SMILES string of the molecule is CCCCOC(=O)c1ccc(O)c(O)c1. The molecule has 0 fully saturated rings. The van der Waals surface area contributed by atoms with E-state index in [1.54, 1.807) is 0 Å². The molecule has 4 heteroatoms. The van der Waals surface area contributed by atoms with Gasteiger partial charge in [-0.1, -0.05) is 13.3 Å². The van der Waals surface area contributed by atoms with Crippen molar-refractivity contribution in [3.05, 3.63) is 23.8 Å². The normalized spacial score (nSPS) is 9.93. The fourth-order valence-corrected chi connectivity index (χ4v) is 1.04. The van der Waals surface area contributed by atoms with Crippen LogP contribution in [0.4, 0.5) is 0 Å². The van der Waals surface area contributed by atoms with Gasteiger partial charge in [-0.3, -0.25) is 0 Å². The first-order valence-corrected chi connectivity index (χ1v) is 4.84. The number of esters is 1. The van der Waals surface area contributed by atoms with Crippen LogP contribution in [0.25, 0.3) is 0 Å². The van der Waals surface area contributed by atoms with Crippen molar-refractivity contribution in [2.75, 3.05) is 6.61 Å². The summed E-state index contributed by atoms with van der Waals surface area (Å²) >= 11 is 0. The molecule has 4 nitrogen and oxygen atoms in total. The first-order chi connectivity index (χ1) is 7.15. The van der Waals surface area contributed by atoms with E-state index in [9.17, 15) is 4.79 Å². The van der Waals surface area contributed by atoms with Gasteiger partial charge in [0.15, 0.2) is 11.5 Å². The minimum absolute atomic E-state index is 0.237. The quantitative estimate of drug-likeness (QED) is 0.453. The zero-order chi connectivity index (χ0) is 11.3. The summed E-state index contributed by atoms with van der Waals surface area (Å²) in [6.07, 6.45) is 1.77. The highest BCUT2D eigenvalue weighted by molar-refractivity contribution is 5.90. The predicted molar refractivity (Wildman–Crippen MR) is 55.0 cm³/mol. The molecule has 0 amide bonds. The Hall–Kier alpha value is -1.71. The molecule has 1 rings (SSSR count). The van der Waals surface area contributed by atoms with Gasteiger partial charge in [-0.05, 0) is 24.6 Å². The van der Waals surface area contributed by atoms with Crippen LogP contribution in [0.3, 0.4) is 0 Å². The van der Waals surface area contributed by atoms with Gasteiger partial charge in [0.1, 0.15) is 0 Å². The number of hydrogen-bond acceptors (Lipinski definition) is 4. The van der Waals surface area contributed by atoms with E-state index in [1.165, 1.54) is 18.2 Å². The van der Waals surface area contributed by atoms with Crippen LogP contribution in [0.2, 0.25) is 0 Å². The second-order valence-electron chi connectivity index (χ2n) is 3.19. The molecule has 0 saturated heterocycles. The van der Waals surface area contributed by atoms with Crippen LogP contribution in [0.1, 0.15) is 30.1 Å². The standard InChI is InChI=1S/C11H14O4/c1-2-3-6-15-11(14)8-4-5-9(12)10(13)7-8/h4-5,7,12-13H,2-3,6H2,1H3. The molecule has 1 aromatic carbocycles. The van der Waals surface area contributed by atoms with Crippen LogP contribution in [-0.2, 0) is 4.74 Å². The molecular formula is C11H14O4. The summed E-state index contributed by atoms with van der Waals surface area (Å²) in [6, 6.07) is 3.85. The summed E-state index contributed by atoms with van der Waals surface area (Å²) in [5.41, 5.74) is 0.237. The fourth-order valence-electron chi connectivity index (χ4n) is 1.04. The molecule has 2 N–H and O–H groups in total. The first kappa shape index (κ1) is 11.4. The van der Waals surface area contributed by atoms with E-state index in [-0.39, 0.29) is 17.1 Å². The second kappa shape index (κ2) is 5.24. The highest BCUT2D eigenvalue weighted by Crippen LogP contribution is 2.25. The summed E-state index contributed by atoms with van der Waals surface area (Å²) in [6.45, 7) is 2.37. The Morgan fingerprint density at radius 3 is 2.67 bits per heavy atom. The molecule has 0 atom stereocenters. The molecule has 0 spiro atoms. The third-order valence-corrected chi connectivity index (χ3v) is 1.94. The highest BCUT2D eigenvalue weighted by Gasteiger charge is 2.09. The monoisotopic (exact) mass is 210 g/mol. The molecule has 15 heavy (non-hydrogen) atoms. The van der Waals surface area contributed by atoms with Crippen molar-refractivity contribution < 1.29 is 19.7 Å². The Morgan fingerprint density at radius 2 is 2.07 bits per heavy atom. The summed E-state index contributed by atoms with van der Waals surface area (Å²) in [4.78, 5) is 11.4. The maximum atomic E-state index is 11.4. The average Bonchev–Trinajstić information content (AvgIpc) is 2.22. The molecular weight excluding hydrogens is 196 g/mol. The van der Waals surface area contributed by atoms with Crippen LogP contribution in [0, 0.1) is 0 Å². The lowest BCUT2D eigenvalue weighted by Crippen LogP contribution is -2.05. The third-order valence-electron chi connectivity index (χ3n) is 1.94. The predicted octanol–water partition coefficient (Wildman–Crippen LogP) is 2.05. The van der Waals surface area contributed by atoms with Gasteiger partial charge in [0, 0.05) is 0 Å². The molecule has 82 valence electrons. The molecule has 0 aliphatic carbocycles. The molecule has 0 saturated carbocycles. The van der Waals surface area contributed by atoms with E-state index in [1.807, 2.05) is 6.92 Å². The number of phenolic OH excluding ortho intramolecular Hbond substituents is 2. The van der Waals surface area contributed by atoms with E-state index in [2.05, 4.69) is 0 Å². The van der Waals surface area contributed by atoms with Crippen LogP contribution >= 0.6 is 0 Å². The molecule has 0 bridgehead atoms. The van der Waals surface area contributed by atoms with E-state index in [0.29, 0.717) is 6.61 Å². The molecule has 0 aromatic heterocycles. The number of carbonyl (C=O) groups is 1. The number of ether oxygens (including phenoxy) is 1. The lowest BCUT2D eigenvalue weighted by molar-refractivity contribution is 0.0499. The van der Waals surface area contributed by atoms with Gasteiger partial charge >= 0.3 is 5.97 Å². The number of aromatic hydroxyl groups is 2. The van der Waals surface area contributed by atoms with Crippen molar-refractivity contribution in [1.82, 2.24) is 0 Å². The van der Waals surface area contributed by atoms with Gasteiger partial charge in [-0.15, -0.1) is 0 Å². The largest absolute Gasteiger partial charge is 0.504 e. The van der Waals surface area contributed by atoms with Gasteiger partial charge in [0.05, 0.1) is 12.2 Å². The number of benzene rings is 1. The average molecular weight is 210 g/mol. The van der Waals surface area contributed by atoms with Gasteiger partial charge in [-0.25, -0.2) is 4.79 Å². The Bertz CT molecular complexity index is 346. The van der Waals surface area contributed by atoms with E-state index in [4.69, 9.17) is 14.9 Å². The minimum atomic E-state index is -0.487. The molecule has 0 radical (unpaired) electrons. The maximum Gasteiger partial charge on any atom is 0.338 e. The van der Waals surface area contributed by atoms with Crippen molar-refractivity contribution in [1.29, 1.82) is 0 Å². The van der Waals surface area contributed by atoms with Crippen molar-refractivity contribution in [3.63, 3.8) is 0 Å². The summed E-state index contributed by atoms with van der Waals surface area (Å²) in [7, 11) is 0. The van der Waals surface area contributed by atoms with Crippen LogP contribution in [-0.4, -0.2) is 22.8 Å². The Labute approximate surface area is 88.1 Å². The van der Waals surface area contributed by atoms with Crippen molar-refractivity contribution >= 4 is 5.97 Å². The van der Waals surface area contributed by atoms with E-state index < -0.39 is 5.97 Å². The second-order valence-corrected chi connectivity index (χ2v) is 3.19. The lowest BCUT2D eigenvalue weighted by Gasteiger charge is -2.04. The number of carbonyl (C=O) groups excluding carboxylic acids is 1. The molecule has 0 heterocycles. The molecule has 0 unspecified atom stereocenters. The number of hydrogen-bond donors (Lipinski definition) is 2. The molecule has 1 aromatic rings. The van der Waals surface area contributed by atoms with Crippen molar-refractivity contribution in [2.45, 2.75) is 19.8 Å². The molecule has 0 aliphatic rings. The smallest absolute Gasteiger partial charge is 0.338 e. The minimum Gasteiger partial charge on any atom is -0.504 e. The fraction of sp³-hybridized carbons (Fsp3) is 0.364. The number of phenols is 2. The lowest BCUT2D eigenvalue weighted by atomic mass is 10.2. The maximum absolute atomic E-state index is 11.4. The van der Waals surface area contributed by atoms with Crippen LogP contribution < -0.4 is 0 Å². The zero-order valence-corrected chi connectivity index (χ0v) is 8.56. The summed E-state index contributed by atoms with van der Waals surface area (Å²) < 4.78 is 4.93. The summed E-state index contributed by atoms with van der Waals surface area (Å²) in [5, 5.41) is 18.2. The summed E-state index contributed by atoms with van der Waals surface area (Å²) in [5.74, 6) is -1.06. The van der Waals surface area contributed by atoms with E-state index >= 15 is 0 Å². The Kier molecular flexibility index (Phi) is 3.97. The Balaban J connectivity index is 2.62. The highest BCUT2D eigenvalue weighted by atomic mass is 16.5. The van der Waals surface area contributed by atoms with E-state index in [0.717, 1.165) is 12.8 Å². The third kappa shape index (κ3) is 3.16. The molecule has 0 aliphatic heterocycles. The van der Waals surface area contributed by atoms with Crippen molar-refractivity contribution in [2.24, 2.45) is 0 Å². The van der Waals surface area contributed by atoms with Gasteiger partial charge in [0.25, 0.3) is 0 Å². The van der Waals surface area contributed by atoms with Crippen molar-refractivity contribution in [3.8, 4) is 11.5 Å². The first-order valence-electron chi connectivity index (χ1n) is 4.84. The zero-order valence-electron chi connectivity index (χ0n) is 8.56. The topological polar surface area (TPSA) is 66.8 Å². The number of rotatable bonds is 4. The van der Waals surface area contributed by atoms with Crippen LogP contribution in [0.15, 0.2) is 18.2 Å². The van der Waals surface area contributed by atoms with Gasteiger partial charge in [-0.2, -0.15) is 0 Å². The van der Waals surface area contributed by atoms with Crippen LogP contribution in [0.5, 0.6) is 11.5 Å². The van der Waals surface area contributed by atoms with Gasteiger partial charge in [0.2, 0.25) is 0 Å². The Morgan fingerprint density at radius 1 is 1.33 bits per heavy atom.